The summed E-state index contributed by atoms with van der Waals surface area (Å²) in [5, 5.41) is 2.77. The van der Waals surface area contributed by atoms with Gasteiger partial charge in [-0.2, -0.15) is 0 Å². The molecule has 172 valence electrons. The monoisotopic (exact) mass is 460 g/mol. The molecule has 0 aliphatic rings. The van der Waals surface area contributed by atoms with Crippen LogP contribution in [0.3, 0.4) is 0 Å². The van der Waals surface area contributed by atoms with Gasteiger partial charge in [-0.05, 0) is 54.6 Å². The predicted molar refractivity (Wildman–Crippen MR) is 126 cm³/mol. The number of rotatable bonds is 7. The molecular formula is C26H21FN2O5. The Morgan fingerprint density at radius 3 is 2.38 bits per heavy atom. The van der Waals surface area contributed by atoms with Gasteiger partial charge in [0.05, 0.1) is 25.3 Å². The van der Waals surface area contributed by atoms with Gasteiger partial charge < -0.3 is 19.4 Å². The molecule has 0 spiro atoms. The van der Waals surface area contributed by atoms with Gasteiger partial charge in [0.2, 0.25) is 11.3 Å². The highest BCUT2D eigenvalue weighted by Gasteiger charge is 2.19. The molecule has 0 bridgehead atoms. The van der Waals surface area contributed by atoms with E-state index in [2.05, 4.69) is 5.32 Å². The molecule has 4 aromatic rings. The number of aromatic nitrogens is 1. The minimum absolute atomic E-state index is 0.00791. The Bertz CT molecular complexity index is 1440. The number of hydrogen-bond acceptors (Lipinski definition) is 5. The highest BCUT2D eigenvalue weighted by molar-refractivity contribution is 6.10. The smallest absolute Gasteiger partial charge is 0.244 e. The zero-order valence-corrected chi connectivity index (χ0v) is 18.5. The average molecular weight is 460 g/mol. The van der Waals surface area contributed by atoms with Crippen molar-refractivity contribution >= 4 is 28.3 Å². The number of pyridine rings is 1. The van der Waals surface area contributed by atoms with Gasteiger partial charge in [-0.3, -0.25) is 14.4 Å². The molecule has 4 rings (SSSR count). The number of amides is 1. The highest BCUT2D eigenvalue weighted by atomic mass is 19.1. The molecule has 0 fully saturated rings. The number of nitrogens with one attached hydrogen (secondary N) is 1. The number of nitrogens with zero attached hydrogens (tertiary/aromatic N) is 1. The van der Waals surface area contributed by atoms with Crippen LogP contribution in [-0.4, -0.2) is 30.5 Å². The second-order valence-electron chi connectivity index (χ2n) is 7.50. The van der Waals surface area contributed by atoms with Gasteiger partial charge in [0.1, 0.15) is 23.9 Å². The number of carbonyl (C=O) groups excluding carboxylic acids is 2. The first-order valence-electron chi connectivity index (χ1n) is 10.3. The number of anilines is 1. The summed E-state index contributed by atoms with van der Waals surface area (Å²) in [7, 11) is 3.03. The molecule has 1 N–H and O–H groups in total. The molecule has 3 aromatic carbocycles. The van der Waals surface area contributed by atoms with Gasteiger partial charge >= 0.3 is 0 Å². The molecule has 0 atom stereocenters. The Hall–Kier alpha value is -4.46. The molecule has 0 radical (unpaired) electrons. The van der Waals surface area contributed by atoms with Gasteiger partial charge in [-0.1, -0.05) is 6.07 Å². The van der Waals surface area contributed by atoms with Gasteiger partial charge in [0, 0.05) is 28.9 Å². The zero-order chi connectivity index (χ0) is 24.2. The Kier molecular flexibility index (Phi) is 6.40. The Labute approximate surface area is 194 Å². The number of hydrogen-bond donors (Lipinski definition) is 1. The van der Waals surface area contributed by atoms with E-state index in [4.69, 9.17) is 9.47 Å². The van der Waals surface area contributed by atoms with Crippen molar-refractivity contribution in [2.45, 2.75) is 6.54 Å². The second kappa shape index (κ2) is 9.58. The highest BCUT2D eigenvalue weighted by Crippen LogP contribution is 2.19. The lowest BCUT2D eigenvalue weighted by Gasteiger charge is -2.14. The van der Waals surface area contributed by atoms with Crippen molar-refractivity contribution in [1.82, 2.24) is 4.57 Å². The van der Waals surface area contributed by atoms with Gasteiger partial charge in [0.25, 0.3) is 0 Å². The first kappa shape index (κ1) is 22.7. The molecule has 7 nitrogen and oxygen atoms in total. The summed E-state index contributed by atoms with van der Waals surface area (Å²) in [5.41, 5.74) is 0.340. The normalized spacial score (nSPS) is 10.7. The number of ketones is 1. The zero-order valence-electron chi connectivity index (χ0n) is 18.5. The van der Waals surface area contributed by atoms with E-state index in [9.17, 15) is 18.8 Å². The van der Waals surface area contributed by atoms with Crippen molar-refractivity contribution < 1.29 is 23.5 Å². The maximum Gasteiger partial charge on any atom is 0.244 e. The summed E-state index contributed by atoms with van der Waals surface area (Å²) < 4.78 is 25.7. The van der Waals surface area contributed by atoms with E-state index in [0.29, 0.717) is 22.7 Å². The van der Waals surface area contributed by atoms with E-state index in [1.54, 1.807) is 36.4 Å². The van der Waals surface area contributed by atoms with Crippen molar-refractivity contribution in [3.05, 3.63) is 100 Å². The first-order chi connectivity index (χ1) is 16.4. The molecule has 1 aromatic heterocycles. The number of ether oxygens (including phenoxy) is 2. The topological polar surface area (TPSA) is 86.6 Å². The van der Waals surface area contributed by atoms with Crippen molar-refractivity contribution in [3.8, 4) is 11.5 Å². The summed E-state index contributed by atoms with van der Waals surface area (Å²) >= 11 is 0. The maximum absolute atomic E-state index is 14.0. The molecule has 1 heterocycles. The van der Waals surface area contributed by atoms with Crippen molar-refractivity contribution in [3.63, 3.8) is 0 Å². The summed E-state index contributed by atoms with van der Waals surface area (Å²) in [5.74, 6) is -0.421. The third kappa shape index (κ3) is 4.66. The Morgan fingerprint density at radius 2 is 1.68 bits per heavy atom. The fraction of sp³-hybridized carbons (Fsp3) is 0.115. The number of halogens is 1. The molecule has 8 heteroatoms. The van der Waals surface area contributed by atoms with Crippen LogP contribution < -0.4 is 20.2 Å². The SMILES string of the molecule is COc1ccc(C(=O)c2cn(CC(=O)Nc3cccc(OC)c3)c3ccc(F)cc3c2=O)cc1. The lowest BCUT2D eigenvalue weighted by molar-refractivity contribution is -0.116. The van der Waals surface area contributed by atoms with Crippen LogP contribution in [0.4, 0.5) is 10.1 Å². The van der Waals surface area contributed by atoms with Gasteiger partial charge in [-0.15, -0.1) is 0 Å². The second-order valence-corrected chi connectivity index (χ2v) is 7.50. The molecule has 0 saturated heterocycles. The number of methoxy groups -OCH3 is 2. The molecule has 0 unspecified atom stereocenters. The van der Waals surface area contributed by atoms with E-state index in [-0.39, 0.29) is 23.1 Å². The molecule has 0 aliphatic carbocycles. The van der Waals surface area contributed by atoms with Gasteiger partial charge in [0.15, 0.2) is 5.78 Å². The quantitative estimate of drug-likeness (QED) is 0.421. The van der Waals surface area contributed by atoms with E-state index < -0.39 is 22.9 Å². The number of fused-ring (bicyclic) bond motifs is 1. The fourth-order valence-electron chi connectivity index (χ4n) is 3.62. The van der Waals surface area contributed by atoms with Crippen LogP contribution in [0.15, 0.2) is 77.7 Å². The number of benzene rings is 3. The predicted octanol–water partition coefficient (Wildman–Crippen LogP) is 4.03. The standard InChI is InChI=1S/C26H21FN2O5/c1-33-19-9-6-16(7-10-19)25(31)22-14-29(23-11-8-17(27)12-21(23)26(22)32)15-24(30)28-18-4-3-5-20(13-18)34-2/h3-14H,15H2,1-2H3,(H,28,30). The summed E-state index contributed by atoms with van der Waals surface area (Å²) in [6.07, 6.45) is 1.33. The van der Waals surface area contributed by atoms with Crippen LogP contribution in [0.5, 0.6) is 11.5 Å². The van der Waals surface area contributed by atoms with Crippen molar-refractivity contribution in [2.75, 3.05) is 19.5 Å². The van der Waals surface area contributed by atoms with E-state index >= 15 is 0 Å². The van der Waals surface area contributed by atoms with E-state index in [1.807, 2.05) is 0 Å². The first-order valence-corrected chi connectivity index (χ1v) is 10.3. The maximum atomic E-state index is 14.0. The van der Waals surface area contributed by atoms with Crippen LogP contribution in [0.1, 0.15) is 15.9 Å². The lowest BCUT2D eigenvalue weighted by Crippen LogP contribution is -2.24. The summed E-state index contributed by atoms with van der Waals surface area (Å²) in [6.45, 7) is -0.206. The van der Waals surface area contributed by atoms with Crippen LogP contribution in [0.25, 0.3) is 10.9 Å². The van der Waals surface area contributed by atoms with Crippen LogP contribution >= 0.6 is 0 Å². The van der Waals surface area contributed by atoms with Crippen molar-refractivity contribution in [1.29, 1.82) is 0 Å². The van der Waals surface area contributed by atoms with Gasteiger partial charge in [-0.25, -0.2) is 4.39 Å². The molecule has 0 saturated carbocycles. The van der Waals surface area contributed by atoms with E-state index in [1.165, 1.54) is 49.2 Å². The van der Waals surface area contributed by atoms with E-state index in [0.717, 1.165) is 6.07 Å². The van der Waals surface area contributed by atoms with Crippen LogP contribution in [-0.2, 0) is 11.3 Å². The minimum atomic E-state index is -0.619. The minimum Gasteiger partial charge on any atom is -0.497 e. The molecule has 34 heavy (non-hydrogen) atoms. The lowest BCUT2D eigenvalue weighted by atomic mass is 10.0. The fourth-order valence-corrected chi connectivity index (χ4v) is 3.62. The molecule has 1 amide bonds. The third-order valence-electron chi connectivity index (χ3n) is 5.31. The largest absolute Gasteiger partial charge is 0.497 e. The Balaban J connectivity index is 1.73. The van der Waals surface area contributed by atoms with Crippen molar-refractivity contribution in [2.24, 2.45) is 0 Å². The number of carbonyl (C=O) groups is 2. The summed E-state index contributed by atoms with van der Waals surface area (Å²) in [6, 6.07) is 16.8. The molecule has 0 aliphatic heterocycles. The molecular weight excluding hydrogens is 439 g/mol. The summed E-state index contributed by atoms with van der Waals surface area (Å²) in [4.78, 5) is 39.0. The van der Waals surface area contributed by atoms with Crippen LogP contribution in [0, 0.1) is 5.82 Å². The Morgan fingerprint density at radius 1 is 0.941 bits per heavy atom. The third-order valence-corrected chi connectivity index (χ3v) is 5.31. The average Bonchev–Trinajstić information content (AvgIpc) is 2.85. The van der Waals surface area contributed by atoms with Crippen LogP contribution in [0.2, 0.25) is 0 Å².